The fourth-order valence-corrected chi connectivity index (χ4v) is 10.5. The Morgan fingerprint density at radius 3 is 1.34 bits per heavy atom. The van der Waals surface area contributed by atoms with Gasteiger partial charge in [0, 0.05) is 20.8 Å². The van der Waals surface area contributed by atoms with Crippen LogP contribution in [0.4, 0.5) is 0 Å². The van der Waals surface area contributed by atoms with Crippen LogP contribution in [0.5, 0.6) is 0 Å². The van der Waals surface area contributed by atoms with Crippen molar-refractivity contribution < 1.29 is 173 Å². The zero-order valence-electron chi connectivity index (χ0n) is 46.6. The largest absolute Gasteiger partial charge is 0.394 e. The molecular formula is C48H83N3O35. The number of hydrogen-bond donors (Lipinski definition) is 23. The highest BCUT2D eigenvalue weighted by Gasteiger charge is 2.57. The Kier molecular flexibility index (Phi) is 26.8. The van der Waals surface area contributed by atoms with Gasteiger partial charge in [0.15, 0.2) is 37.7 Å². The summed E-state index contributed by atoms with van der Waals surface area (Å²) in [6.07, 6.45) is -59.2. The molecule has 0 aromatic heterocycles. The average Bonchev–Trinajstić information content (AvgIpc) is 2.30. The van der Waals surface area contributed by atoms with Crippen molar-refractivity contribution in [2.45, 2.75) is 236 Å². The Morgan fingerprint density at radius 1 is 0.430 bits per heavy atom. The van der Waals surface area contributed by atoms with Crippen LogP contribution >= 0.6 is 0 Å². The lowest BCUT2D eigenvalue weighted by molar-refractivity contribution is -0.379. The van der Waals surface area contributed by atoms with Crippen molar-refractivity contribution in [1.82, 2.24) is 16.0 Å². The van der Waals surface area contributed by atoms with E-state index in [4.69, 9.17) is 56.8 Å². The molecule has 6 heterocycles. The third-order valence-electron chi connectivity index (χ3n) is 15.3. The number of ether oxygens (including phenoxy) is 12. The smallest absolute Gasteiger partial charge is 0.217 e. The third kappa shape index (κ3) is 16.6. The van der Waals surface area contributed by atoms with Crippen LogP contribution in [0, 0.1) is 0 Å². The lowest BCUT2D eigenvalue weighted by Gasteiger charge is -2.49. The van der Waals surface area contributed by atoms with Crippen LogP contribution in [-0.2, 0) is 71.2 Å². The number of carbonyl (C=O) groups is 3. The van der Waals surface area contributed by atoms with Crippen molar-refractivity contribution in [1.29, 1.82) is 0 Å². The van der Waals surface area contributed by atoms with Crippen LogP contribution in [0.1, 0.15) is 27.7 Å². The van der Waals surface area contributed by atoms with Gasteiger partial charge in [-0.25, -0.2) is 0 Å². The molecule has 6 fully saturated rings. The Balaban J connectivity index is 1.20. The van der Waals surface area contributed by atoms with E-state index in [1.807, 2.05) is 0 Å². The molecule has 6 aliphatic heterocycles. The molecule has 0 aromatic rings. The maximum atomic E-state index is 12.7. The summed E-state index contributed by atoms with van der Waals surface area (Å²) in [4.78, 5) is 37.3. The van der Waals surface area contributed by atoms with Gasteiger partial charge in [-0.1, -0.05) is 0 Å². The van der Waals surface area contributed by atoms with Crippen LogP contribution in [0.15, 0.2) is 0 Å². The average molecular weight is 1260 g/mol. The molecule has 500 valence electrons. The molecule has 6 rings (SSSR count). The van der Waals surface area contributed by atoms with Gasteiger partial charge in [-0.3, -0.25) is 14.4 Å². The van der Waals surface area contributed by atoms with E-state index in [9.17, 15) is 117 Å². The van der Waals surface area contributed by atoms with Gasteiger partial charge in [0.05, 0.1) is 58.4 Å². The minimum atomic E-state index is -2.23. The molecule has 6 aliphatic rings. The summed E-state index contributed by atoms with van der Waals surface area (Å²) in [5.74, 6) is -2.53. The molecule has 0 radical (unpaired) electrons. The van der Waals surface area contributed by atoms with Gasteiger partial charge in [0.25, 0.3) is 0 Å². The number of nitrogens with one attached hydrogen (secondary N) is 3. The van der Waals surface area contributed by atoms with Crippen LogP contribution in [-0.4, -0.2) is 375 Å². The quantitative estimate of drug-likeness (QED) is 0.0404. The summed E-state index contributed by atoms with van der Waals surface area (Å²) in [7, 11) is 0. The zero-order valence-corrected chi connectivity index (χ0v) is 46.6. The summed E-state index contributed by atoms with van der Waals surface area (Å²) < 4.78 is 69.0. The van der Waals surface area contributed by atoms with Gasteiger partial charge in [-0.2, -0.15) is 0 Å². The molecule has 38 nitrogen and oxygen atoms in total. The van der Waals surface area contributed by atoms with E-state index in [0.29, 0.717) is 0 Å². The first-order valence-corrected chi connectivity index (χ1v) is 27.4. The minimum Gasteiger partial charge on any atom is -0.394 e. The highest BCUT2D eigenvalue weighted by molar-refractivity contribution is 5.74. The van der Waals surface area contributed by atoms with Gasteiger partial charge in [0.2, 0.25) is 17.7 Å². The fourth-order valence-electron chi connectivity index (χ4n) is 10.5. The standard InChI is InChI=1S/C48H83N3O35/c1-12-25(61)32(68)36(72)45(77-12)75-10-17(60)39(26(62)16(5-52)49-13(2)57)83-43-23(50-14(3)58)30(66)41(20(8-55)80-43)85-47-38(74)34(70)29(65)22(82-47)11-76-48-42(35(71)28(64)19(7-54)79-48)86-44-24(51-15(4)59)31(67)40(21(9-56)81-44)84-46-37(73)33(69)27(63)18(6-53)78-46/h12,16-48,52-56,60-74H,5-11H2,1-4H3,(H,49,57)(H,50,58)(H,51,59)/t12-,16-,17+,18+,19+,20+,21+,22+,23+,24+,25+,26+,27-,28+,29+,30+,31+,32+,33-,34-,35-,36-,37+,38-,39+,40+,41+,42-,43-,44-,45+,46-,47-,48-/m0/s1. The first kappa shape index (κ1) is 72.2. The highest BCUT2D eigenvalue weighted by atomic mass is 16.8. The molecule has 34 atom stereocenters. The summed E-state index contributed by atoms with van der Waals surface area (Å²) in [6, 6.07) is -5.24. The molecule has 0 unspecified atom stereocenters. The van der Waals surface area contributed by atoms with E-state index in [-0.39, 0.29) is 0 Å². The summed E-state index contributed by atoms with van der Waals surface area (Å²) in [6.45, 7) is -2.57. The van der Waals surface area contributed by atoms with E-state index in [1.54, 1.807) is 0 Å². The third-order valence-corrected chi connectivity index (χ3v) is 15.3. The van der Waals surface area contributed by atoms with Gasteiger partial charge in [0.1, 0.15) is 159 Å². The summed E-state index contributed by atoms with van der Waals surface area (Å²) in [5.41, 5.74) is 0. The molecule has 86 heavy (non-hydrogen) atoms. The molecule has 0 aromatic carbocycles. The molecule has 0 bridgehead atoms. The van der Waals surface area contributed by atoms with Crippen LogP contribution in [0.25, 0.3) is 0 Å². The second kappa shape index (κ2) is 31.9. The van der Waals surface area contributed by atoms with Gasteiger partial charge in [-0.05, 0) is 6.92 Å². The van der Waals surface area contributed by atoms with Crippen molar-refractivity contribution in [3.05, 3.63) is 0 Å². The SMILES string of the molecule is CC(=O)N[C@H]1[C@H](O[C@@H]([C@H](O)[C@H](CO)NC(C)=O)[C@H](O)CO[C@@H]2O[C@@H](C)[C@@H](O)[C@@H](O)[C@@H]2O)O[C@H](CO)[C@@H](O[C@@H]2O[C@H](CO[C@H]3O[C@H](CO)[C@@H](O)[C@H](O)[C@@H]3O[C@@H]3O[C@H](CO)[C@@H](O[C@@H]4O[C@H](CO)[C@H](O)[C@H](O)[C@H]4O)[C@H](O)[C@H]3NC(C)=O)[C@@H](O)[C@H](O)[C@@H]2O)[C@@H]1O. The number of carbonyl (C=O) groups excluding carboxylic acids is 3. The molecule has 6 saturated heterocycles. The predicted octanol–water partition coefficient (Wildman–Crippen LogP) is -15.2. The molecule has 0 spiro atoms. The van der Waals surface area contributed by atoms with Gasteiger partial charge < -0.3 is 175 Å². The number of aliphatic hydroxyl groups excluding tert-OH is 20. The second-order valence-corrected chi connectivity index (χ2v) is 21.6. The summed E-state index contributed by atoms with van der Waals surface area (Å²) >= 11 is 0. The Morgan fingerprint density at radius 2 is 0.849 bits per heavy atom. The number of rotatable bonds is 25. The lowest BCUT2D eigenvalue weighted by Crippen LogP contribution is -2.69. The number of hydrogen-bond acceptors (Lipinski definition) is 35. The fraction of sp³-hybridized carbons (Fsp3) is 0.938. The summed E-state index contributed by atoms with van der Waals surface area (Å²) in [5, 5.41) is 223. The highest BCUT2D eigenvalue weighted by Crippen LogP contribution is 2.36. The van der Waals surface area contributed by atoms with Gasteiger partial charge >= 0.3 is 0 Å². The minimum absolute atomic E-state index is 0.785. The van der Waals surface area contributed by atoms with Crippen molar-refractivity contribution in [3.8, 4) is 0 Å². The Hall–Kier alpha value is -2.87. The van der Waals surface area contributed by atoms with E-state index < -0.39 is 272 Å². The van der Waals surface area contributed by atoms with Crippen LogP contribution < -0.4 is 16.0 Å². The van der Waals surface area contributed by atoms with Crippen molar-refractivity contribution in [2.24, 2.45) is 0 Å². The molecule has 0 aliphatic carbocycles. The molecule has 0 saturated carbocycles. The second-order valence-electron chi connectivity index (χ2n) is 21.6. The molecule has 38 heteroatoms. The van der Waals surface area contributed by atoms with Crippen molar-refractivity contribution in [2.75, 3.05) is 46.2 Å². The van der Waals surface area contributed by atoms with E-state index in [1.165, 1.54) is 6.92 Å². The topological polar surface area (TPSA) is 603 Å². The Bertz CT molecular complexity index is 2120. The van der Waals surface area contributed by atoms with Crippen LogP contribution in [0.3, 0.4) is 0 Å². The van der Waals surface area contributed by atoms with Crippen molar-refractivity contribution >= 4 is 17.7 Å². The molecular weight excluding hydrogens is 1180 g/mol. The van der Waals surface area contributed by atoms with E-state index in [0.717, 1.165) is 20.8 Å². The first-order chi connectivity index (χ1) is 40.5. The molecule has 3 amide bonds. The first-order valence-electron chi connectivity index (χ1n) is 27.4. The monoisotopic (exact) mass is 1260 g/mol. The van der Waals surface area contributed by atoms with Gasteiger partial charge in [-0.15, -0.1) is 0 Å². The maximum absolute atomic E-state index is 12.7. The maximum Gasteiger partial charge on any atom is 0.217 e. The predicted molar refractivity (Wildman–Crippen MR) is 267 cm³/mol. The Labute approximate surface area is 488 Å². The lowest BCUT2D eigenvalue weighted by atomic mass is 9.94. The zero-order chi connectivity index (χ0) is 63.9. The number of amides is 3. The normalized spacial score (nSPS) is 45.5. The number of aliphatic hydroxyl groups is 20. The van der Waals surface area contributed by atoms with E-state index >= 15 is 0 Å². The van der Waals surface area contributed by atoms with E-state index in [2.05, 4.69) is 16.0 Å². The molecule has 23 N–H and O–H groups in total. The van der Waals surface area contributed by atoms with Crippen LogP contribution in [0.2, 0.25) is 0 Å². The van der Waals surface area contributed by atoms with Crippen molar-refractivity contribution in [3.63, 3.8) is 0 Å².